The smallest absolute Gasteiger partial charge is 0.335 e. The molecule has 0 unspecified atom stereocenters. The molecule has 0 bridgehead atoms. The van der Waals surface area contributed by atoms with Gasteiger partial charge < -0.3 is 5.11 Å². The van der Waals surface area contributed by atoms with Crippen molar-refractivity contribution in [1.82, 2.24) is 14.5 Å². The van der Waals surface area contributed by atoms with Gasteiger partial charge in [0.15, 0.2) is 5.13 Å². The Morgan fingerprint density at radius 1 is 1.17 bits per heavy atom. The van der Waals surface area contributed by atoms with Crippen molar-refractivity contribution in [2.45, 2.75) is 19.9 Å². The Kier molecular flexibility index (Phi) is 5.48. The molecule has 1 aliphatic rings. The fourth-order valence-corrected chi connectivity index (χ4v) is 4.82. The van der Waals surface area contributed by atoms with Gasteiger partial charge in [-0.1, -0.05) is 0 Å². The Bertz CT molecular complexity index is 1630. The Balaban J connectivity index is 1.54. The van der Waals surface area contributed by atoms with E-state index in [0.717, 1.165) is 22.3 Å². The van der Waals surface area contributed by atoms with E-state index in [1.807, 2.05) is 0 Å². The van der Waals surface area contributed by atoms with Crippen LogP contribution >= 0.6 is 11.3 Å². The molecule has 1 aliphatic heterocycles. The summed E-state index contributed by atoms with van der Waals surface area (Å²) in [6, 6.07) is 7.11. The predicted octanol–water partition coefficient (Wildman–Crippen LogP) is 4.46. The largest absolute Gasteiger partial charge is 0.478 e. The van der Waals surface area contributed by atoms with E-state index in [1.165, 1.54) is 35.8 Å². The van der Waals surface area contributed by atoms with Gasteiger partial charge in [-0.2, -0.15) is 0 Å². The Morgan fingerprint density at radius 2 is 1.97 bits per heavy atom. The second-order valence-corrected chi connectivity index (χ2v) is 8.69. The van der Waals surface area contributed by atoms with Crippen LogP contribution in [-0.2, 0) is 11.3 Å². The minimum Gasteiger partial charge on any atom is -0.478 e. The van der Waals surface area contributed by atoms with Gasteiger partial charge in [0.2, 0.25) is 5.91 Å². The molecular formula is C24H16F2N4O4S. The second-order valence-electron chi connectivity index (χ2n) is 7.85. The van der Waals surface area contributed by atoms with Gasteiger partial charge in [-0.15, -0.1) is 11.3 Å². The summed E-state index contributed by atoms with van der Waals surface area (Å²) in [5.74, 6) is -2.86. The topological polar surface area (TPSA) is 105 Å². The zero-order valence-electron chi connectivity index (χ0n) is 18.2. The SMILES string of the molecule is CC(=O)N(c1nc(C=C2CCn3c2nc2cc(C(=O)O)ccc2c3=O)cs1)c1ccc(F)cc1F. The van der Waals surface area contributed by atoms with Crippen molar-refractivity contribution in [3.63, 3.8) is 0 Å². The van der Waals surface area contributed by atoms with Crippen molar-refractivity contribution in [3.8, 4) is 0 Å². The van der Waals surface area contributed by atoms with Crippen LogP contribution in [0.1, 0.15) is 35.2 Å². The highest BCUT2D eigenvalue weighted by Crippen LogP contribution is 2.33. The second kappa shape index (κ2) is 8.51. The quantitative estimate of drug-likeness (QED) is 0.449. The number of hydrogen-bond donors (Lipinski definition) is 1. The molecule has 35 heavy (non-hydrogen) atoms. The van der Waals surface area contributed by atoms with Crippen LogP contribution in [-0.4, -0.2) is 31.5 Å². The molecule has 0 radical (unpaired) electrons. The number of amides is 1. The summed E-state index contributed by atoms with van der Waals surface area (Å²) in [6.07, 6.45) is 2.22. The lowest BCUT2D eigenvalue weighted by molar-refractivity contribution is -0.115. The van der Waals surface area contributed by atoms with Crippen molar-refractivity contribution in [2.24, 2.45) is 0 Å². The summed E-state index contributed by atoms with van der Waals surface area (Å²) in [5, 5.41) is 11.4. The molecule has 176 valence electrons. The first kappa shape index (κ1) is 22.5. The number of thiazole rings is 1. The first-order valence-corrected chi connectivity index (χ1v) is 11.3. The van der Waals surface area contributed by atoms with E-state index < -0.39 is 23.5 Å². The Labute approximate surface area is 200 Å². The van der Waals surface area contributed by atoms with Gasteiger partial charge in [-0.3, -0.25) is 19.1 Å². The van der Waals surface area contributed by atoms with Crippen LogP contribution in [0.4, 0.5) is 19.6 Å². The van der Waals surface area contributed by atoms with Crippen LogP contribution < -0.4 is 10.5 Å². The number of benzene rings is 2. The van der Waals surface area contributed by atoms with Crippen LogP contribution in [0.2, 0.25) is 0 Å². The number of carbonyl (C=O) groups excluding carboxylic acids is 1. The van der Waals surface area contributed by atoms with Crippen molar-refractivity contribution < 1.29 is 23.5 Å². The van der Waals surface area contributed by atoms with Gasteiger partial charge in [0.25, 0.3) is 5.56 Å². The fraction of sp³-hybridized carbons (Fsp3) is 0.125. The van der Waals surface area contributed by atoms with Crippen LogP contribution in [0.5, 0.6) is 0 Å². The molecule has 0 saturated heterocycles. The zero-order valence-corrected chi connectivity index (χ0v) is 19.0. The average molecular weight is 494 g/mol. The number of anilines is 2. The number of fused-ring (bicyclic) bond motifs is 2. The summed E-state index contributed by atoms with van der Waals surface area (Å²) in [5.41, 5.74) is 1.10. The maximum atomic E-state index is 14.3. The molecule has 1 N–H and O–H groups in total. The molecule has 5 rings (SSSR count). The lowest BCUT2D eigenvalue weighted by Crippen LogP contribution is -2.23. The van der Waals surface area contributed by atoms with Crippen molar-refractivity contribution in [2.75, 3.05) is 4.90 Å². The lowest BCUT2D eigenvalue weighted by atomic mass is 10.1. The highest BCUT2D eigenvalue weighted by molar-refractivity contribution is 7.14. The maximum absolute atomic E-state index is 14.3. The highest BCUT2D eigenvalue weighted by atomic mass is 32.1. The van der Waals surface area contributed by atoms with Crippen LogP contribution in [0.3, 0.4) is 0 Å². The van der Waals surface area contributed by atoms with E-state index in [0.29, 0.717) is 41.5 Å². The number of allylic oxidation sites excluding steroid dienone is 1. The molecule has 2 aromatic carbocycles. The van der Waals surface area contributed by atoms with Gasteiger partial charge in [-0.05, 0) is 48.4 Å². The number of hydrogen-bond acceptors (Lipinski definition) is 6. The Hall–Kier alpha value is -4.25. The van der Waals surface area contributed by atoms with Gasteiger partial charge in [-0.25, -0.2) is 23.5 Å². The zero-order chi connectivity index (χ0) is 24.9. The molecule has 0 fully saturated rings. The third-order valence-electron chi connectivity index (χ3n) is 5.58. The predicted molar refractivity (Wildman–Crippen MR) is 127 cm³/mol. The molecule has 0 saturated carbocycles. The molecule has 1 amide bonds. The van der Waals surface area contributed by atoms with E-state index in [2.05, 4.69) is 9.97 Å². The summed E-state index contributed by atoms with van der Waals surface area (Å²) in [6.45, 7) is 1.66. The number of aromatic carboxylic acids is 1. The van der Waals surface area contributed by atoms with Gasteiger partial charge in [0.1, 0.15) is 17.5 Å². The molecule has 3 heterocycles. The number of carboxylic acids is 1. The molecule has 0 spiro atoms. The number of carboxylic acid groups (broad SMARTS) is 1. The highest BCUT2D eigenvalue weighted by Gasteiger charge is 2.24. The number of aromatic nitrogens is 3. The summed E-state index contributed by atoms with van der Waals surface area (Å²) in [4.78, 5) is 46.5. The maximum Gasteiger partial charge on any atom is 0.335 e. The first-order chi connectivity index (χ1) is 16.7. The molecule has 11 heteroatoms. The van der Waals surface area contributed by atoms with E-state index in [4.69, 9.17) is 0 Å². The first-order valence-electron chi connectivity index (χ1n) is 10.4. The van der Waals surface area contributed by atoms with Gasteiger partial charge in [0, 0.05) is 24.9 Å². The molecule has 0 atom stereocenters. The van der Waals surface area contributed by atoms with Crippen molar-refractivity contribution in [3.05, 3.63) is 80.8 Å². The van der Waals surface area contributed by atoms with Crippen LogP contribution in [0.15, 0.2) is 46.6 Å². The third kappa shape index (κ3) is 3.99. The van der Waals surface area contributed by atoms with Gasteiger partial charge >= 0.3 is 5.97 Å². The molecule has 4 aromatic rings. The van der Waals surface area contributed by atoms with Crippen LogP contribution in [0.25, 0.3) is 22.6 Å². The minimum atomic E-state index is -1.12. The van der Waals surface area contributed by atoms with Crippen LogP contribution in [0, 0.1) is 11.6 Å². The van der Waals surface area contributed by atoms with Crippen molar-refractivity contribution >= 4 is 56.6 Å². The monoisotopic (exact) mass is 494 g/mol. The third-order valence-corrected chi connectivity index (χ3v) is 6.43. The molecule has 8 nitrogen and oxygen atoms in total. The minimum absolute atomic E-state index is 0.0272. The number of rotatable bonds is 4. The Morgan fingerprint density at radius 3 is 2.69 bits per heavy atom. The molecule has 0 aliphatic carbocycles. The van der Waals surface area contributed by atoms with E-state index in [9.17, 15) is 28.3 Å². The van der Waals surface area contributed by atoms with E-state index in [-0.39, 0.29) is 27.5 Å². The van der Waals surface area contributed by atoms with E-state index in [1.54, 1.807) is 11.5 Å². The molecule has 2 aromatic heterocycles. The average Bonchev–Trinajstić information content (AvgIpc) is 3.43. The fourth-order valence-electron chi connectivity index (χ4n) is 3.98. The summed E-state index contributed by atoms with van der Waals surface area (Å²) >= 11 is 1.10. The summed E-state index contributed by atoms with van der Waals surface area (Å²) < 4.78 is 29.2. The standard InChI is InChI=1S/C24H16F2N4O4S/c1-12(31)30(20-5-3-15(25)10-18(20)26)24-27-16(11-35-24)8-13-6-7-29-21(13)28-19-9-14(23(33)34)2-4-17(19)22(29)32/h2-5,8-11H,6-7H2,1H3,(H,33,34). The normalized spacial score (nSPS) is 13.9. The van der Waals surface area contributed by atoms with Crippen molar-refractivity contribution in [1.29, 1.82) is 0 Å². The summed E-state index contributed by atoms with van der Waals surface area (Å²) in [7, 11) is 0. The van der Waals surface area contributed by atoms with E-state index >= 15 is 0 Å². The molecular weight excluding hydrogens is 478 g/mol. The number of nitrogens with zero attached hydrogens (tertiary/aromatic N) is 4. The van der Waals surface area contributed by atoms with Gasteiger partial charge in [0.05, 0.1) is 27.8 Å². The lowest BCUT2D eigenvalue weighted by Gasteiger charge is -2.18. The number of carbonyl (C=O) groups is 2. The number of halogens is 2.